The Morgan fingerprint density at radius 3 is 2.30 bits per heavy atom. The molecule has 0 saturated carbocycles. The van der Waals surface area contributed by atoms with Crippen LogP contribution in [0, 0.1) is 0 Å². The Labute approximate surface area is 178 Å². The lowest BCUT2D eigenvalue weighted by Gasteiger charge is -2.25. The summed E-state index contributed by atoms with van der Waals surface area (Å²) in [5.41, 5.74) is 9.05. The van der Waals surface area contributed by atoms with Gasteiger partial charge in [0.05, 0.1) is 12.1 Å². The van der Waals surface area contributed by atoms with Crippen molar-refractivity contribution in [2.24, 2.45) is 0 Å². The minimum Gasteiger partial charge on any atom is -0.398 e. The van der Waals surface area contributed by atoms with Gasteiger partial charge in [-0.15, -0.1) is 0 Å². The van der Waals surface area contributed by atoms with Crippen LogP contribution in [0.25, 0.3) is 0 Å². The van der Waals surface area contributed by atoms with Crippen LogP contribution in [-0.2, 0) is 4.79 Å². The molecule has 1 aliphatic heterocycles. The zero-order valence-electron chi connectivity index (χ0n) is 17.7. The minimum atomic E-state index is -0.339. The van der Waals surface area contributed by atoms with Crippen LogP contribution in [0.3, 0.4) is 0 Å². The van der Waals surface area contributed by atoms with E-state index in [0.717, 1.165) is 38.3 Å². The third kappa shape index (κ3) is 5.65. The molecule has 1 aliphatic rings. The molecule has 0 aliphatic carbocycles. The second-order valence-corrected chi connectivity index (χ2v) is 7.84. The van der Waals surface area contributed by atoms with E-state index >= 15 is 0 Å². The smallest absolute Gasteiger partial charge is 0.253 e. The average molecular weight is 410 g/mol. The third-order valence-electron chi connectivity index (χ3n) is 5.12. The summed E-state index contributed by atoms with van der Waals surface area (Å²) >= 11 is 0. The van der Waals surface area contributed by atoms with Crippen LogP contribution >= 0.6 is 0 Å². The van der Waals surface area contributed by atoms with E-state index in [-0.39, 0.29) is 24.4 Å². The zero-order chi connectivity index (χ0) is 21.5. The fourth-order valence-electron chi connectivity index (χ4n) is 3.64. The van der Waals surface area contributed by atoms with Crippen molar-refractivity contribution in [2.75, 3.05) is 48.3 Å². The minimum absolute atomic E-state index is 0.0290. The Morgan fingerprint density at radius 2 is 1.63 bits per heavy atom. The number of nitrogens with two attached hydrogens (primary N) is 1. The molecule has 3 rings (SSSR count). The van der Waals surface area contributed by atoms with Gasteiger partial charge in [0.2, 0.25) is 5.91 Å². The van der Waals surface area contributed by atoms with Gasteiger partial charge in [0.1, 0.15) is 0 Å². The first kappa shape index (κ1) is 21.5. The maximum Gasteiger partial charge on any atom is 0.253 e. The molecule has 7 heteroatoms. The van der Waals surface area contributed by atoms with Crippen molar-refractivity contribution in [2.45, 2.75) is 26.3 Å². The summed E-state index contributed by atoms with van der Waals surface area (Å²) in [6.45, 7) is 7.35. The summed E-state index contributed by atoms with van der Waals surface area (Å²) in [7, 11) is 0. The van der Waals surface area contributed by atoms with Crippen LogP contribution in [0.15, 0.2) is 48.5 Å². The predicted molar refractivity (Wildman–Crippen MR) is 122 cm³/mol. The second kappa shape index (κ2) is 10.0. The lowest BCUT2D eigenvalue weighted by molar-refractivity contribution is -0.120. The molecule has 2 aromatic rings. The Balaban J connectivity index is 1.65. The quantitative estimate of drug-likeness (QED) is 0.637. The molecular weight excluding hydrogens is 378 g/mol. The first-order chi connectivity index (χ1) is 14.4. The number of para-hydroxylation sites is 1. The van der Waals surface area contributed by atoms with Crippen molar-refractivity contribution in [3.8, 4) is 0 Å². The molecule has 30 heavy (non-hydrogen) atoms. The highest BCUT2D eigenvalue weighted by molar-refractivity contribution is 6.01. The first-order valence-corrected chi connectivity index (χ1v) is 10.5. The van der Waals surface area contributed by atoms with E-state index in [2.05, 4.69) is 44.7 Å². The van der Waals surface area contributed by atoms with E-state index in [0.29, 0.717) is 11.3 Å². The monoisotopic (exact) mass is 409 g/mol. The molecule has 0 radical (unpaired) electrons. The fraction of sp³-hybridized carbons (Fsp3) is 0.391. The lowest BCUT2D eigenvalue weighted by atomic mass is 10.1. The number of nitrogen functional groups attached to an aromatic ring is 1. The van der Waals surface area contributed by atoms with Gasteiger partial charge in [0.15, 0.2) is 0 Å². The van der Waals surface area contributed by atoms with Gasteiger partial charge in [-0.3, -0.25) is 9.59 Å². The molecule has 0 aromatic heterocycles. The van der Waals surface area contributed by atoms with Gasteiger partial charge in [0, 0.05) is 49.3 Å². The van der Waals surface area contributed by atoms with Crippen molar-refractivity contribution in [3.05, 3.63) is 54.1 Å². The van der Waals surface area contributed by atoms with Crippen LogP contribution in [0.1, 0.15) is 30.6 Å². The topological polar surface area (TPSA) is 90.7 Å². The third-order valence-corrected chi connectivity index (χ3v) is 5.12. The largest absolute Gasteiger partial charge is 0.398 e. The Kier molecular flexibility index (Phi) is 7.17. The number of benzene rings is 2. The van der Waals surface area contributed by atoms with Crippen LogP contribution in [0.2, 0.25) is 0 Å². The molecule has 0 atom stereocenters. The van der Waals surface area contributed by atoms with Crippen LogP contribution in [0.5, 0.6) is 0 Å². The molecule has 4 N–H and O–H groups in total. The van der Waals surface area contributed by atoms with Gasteiger partial charge in [0.25, 0.3) is 5.91 Å². The second-order valence-electron chi connectivity index (χ2n) is 7.84. The van der Waals surface area contributed by atoms with E-state index in [9.17, 15) is 9.59 Å². The number of hydrogen-bond donors (Lipinski definition) is 3. The molecule has 1 fully saturated rings. The SMILES string of the molecule is CC(C)NC(=O)CNC(=O)c1cc(N2CCCN(c3ccccc3)CC2)ccc1N. The predicted octanol–water partition coefficient (Wildman–Crippen LogP) is 2.24. The Bertz CT molecular complexity index is 869. The van der Waals surface area contributed by atoms with Crippen molar-refractivity contribution >= 4 is 28.9 Å². The van der Waals surface area contributed by atoms with Gasteiger partial charge in [-0.2, -0.15) is 0 Å². The summed E-state index contributed by atoms with van der Waals surface area (Å²) in [4.78, 5) is 29.1. The van der Waals surface area contributed by atoms with Gasteiger partial charge in [-0.1, -0.05) is 18.2 Å². The maximum atomic E-state index is 12.6. The molecule has 0 unspecified atom stereocenters. The number of rotatable bonds is 6. The Morgan fingerprint density at radius 1 is 0.967 bits per heavy atom. The molecule has 2 amide bonds. The molecule has 1 saturated heterocycles. The van der Waals surface area contributed by atoms with Crippen molar-refractivity contribution < 1.29 is 9.59 Å². The number of amides is 2. The van der Waals surface area contributed by atoms with Crippen LogP contribution in [0.4, 0.5) is 17.1 Å². The van der Waals surface area contributed by atoms with Crippen LogP contribution in [-0.4, -0.2) is 50.6 Å². The number of carbonyl (C=O) groups excluding carboxylic acids is 2. The highest BCUT2D eigenvalue weighted by atomic mass is 16.2. The molecule has 1 heterocycles. The summed E-state index contributed by atoms with van der Waals surface area (Å²) in [5.74, 6) is -0.560. The van der Waals surface area contributed by atoms with E-state index < -0.39 is 0 Å². The number of nitrogens with one attached hydrogen (secondary N) is 2. The van der Waals surface area contributed by atoms with Crippen molar-refractivity contribution in [1.82, 2.24) is 10.6 Å². The van der Waals surface area contributed by atoms with E-state index in [4.69, 9.17) is 5.73 Å². The van der Waals surface area contributed by atoms with Gasteiger partial charge < -0.3 is 26.2 Å². The summed E-state index contributed by atoms with van der Waals surface area (Å²) in [6, 6.07) is 16.0. The molecular formula is C23H31N5O2. The van der Waals surface area contributed by atoms with Crippen molar-refractivity contribution in [1.29, 1.82) is 0 Å². The highest BCUT2D eigenvalue weighted by Gasteiger charge is 2.18. The number of nitrogens with zero attached hydrogens (tertiary/aromatic N) is 2. The molecule has 0 spiro atoms. The van der Waals surface area contributed by atoms with Gasteiger partial charge >= 0.3 is 0 Å². The fourth-order valence-corrected chi connectivity index (χ4v) is 3.64. The molecule has 2 aromatic carbocycles. The molecule has 160 valence electrons. The van der Waals surface area contributed by atoms with Gasteiger partial charge in [-0.25, -0.2) is 0 Å². The van der Waals surface area contributed by atoms with Crippen molar-refractivity contribution in [3.63, 3.8) is 0 Å². The van der Waals surface area contributed by atoms with Gasteiger partial charge in [-0.05, 0) is 50.6 Å². The number of carbonyl (C=O) groups is 2. The molecule has 0 bridgehead atoms. The Hall–Kier alpha value is -3.22. The van der Waals surface area contributed by atoms with E-state index in [1.165, 1.54) is 5.69 Å². The maximum absolute atomic E-state index is 12.6. The van der Waals surface area contributed by atoms with E-state index in [1.54, 1.807) is 6.07 Å². The average Bonchev–Trinajstić information content (AvgIpc) is 2.99. The summed E-state index contributed by atoms with van der Waals surface area (Å²) in [6.07, 6.45) is 1.02. The number of anilines is 3. The zero-order valence-corrected chi connectivity index (χ0v) is 17.7. The first-order valence-electron chi connectivity index (χ1n) is 10.5. The lowest BCUT2D eigenvalue weighted by Crippen LogP contribution is -2.40. The number of hydrogen-bond acceptors (Lipinski definition) is 5. The van der Waals surface area contributed by atoms with Crippen LogP contribution < -0.4 is 26.2 Å². The summed E-state index contributed by atoms with van der Waals surface area (Å²) in [5, 5.41) is 5.41. The summed E-state index contributed by atoms with van der Waals surface area (Å²) < 4.78 is 0. The normalized spacial score (nSPS) is 14.4. The van der Waals surface area contributed by atoms with E-state index in [1.807, 2.05) is 32.0 Å². The highest BCUT2D eigenvalue weighted by Crippen LogP contribution is 2.24. The standard InChI is InChI=1S/C23H31N5O2/c1-17(2)26-22(29)16-25-23(30)20-15-19(9-10-21(20)24)28-12-6-11-27(13-14-28)18-7-4-3-5-8-18/h3-5,7-10,15,17H,6,11-14,16,24H2,1-2H3,(H,25,30)(H,26,29). The molecule has 7 nitrogen and oxygen atoms in total.